The number of hydrogen-bond acceptors (Lipinski definition) is 4. The number of nitrogens with one attached hydrogen (secondary N) is 2. The molecule has 0 spiro atoms. The summed E-state index contributed by atoms with van der Waals surface area (Å²) in [6.07, 6.45) is 4.03. The van der Waals surface area contributed by atoms with Gasteiger partial charge < -0.3 is 16.4 Å². The number of aromatic nitrogens is 1. The summed E-state index contributed by atoms with van der Waals surface area (Å²) in [5.41, 5.74) is 8.77. The summed E-state index contributed by atoms with van der Waals surface area (Å²) in [6.45, 7) is 2.88. The average Bonchev–Trinajstić information content (AvgIpc) is 2.88. The monoisotopic (exact) mass is 292 g/mol. The maximum atomic E-state index is 11.6. The molecule has 0 radical (unpaired) electrons. The molecule has 1 aromatic rings. The summed E-state index contributed by atoms with van der Waals surface area (Å²) in [7, 11) is 0. The Hall–Kier alpha value is -1.69. The highest BCUT2D eigenvalue weighted by Gasteiger charge is 2.17. The molecule has 0 bridgehead atoms. The van der Waals surface area contributed by atoms with Crippen LogP contribution in [-0.2, 0) is 17.6 Å². The van der Waals surface area contributed by atoms with Crippen LogP contribution in [0.15, 0.2) is 6.07 Å². The summed E-state index contributed by atoms with van der Waals surface area (Å²) in [5, 5.41) is 5.85. The Balaban J connectivity index is 2.10. The van der Waals surface area contributed by atoms with Gasteiger partial charge in [-0.1, -0.05) is 19.1 Å². The molecule has 4 N–H and O–H groups in total. The van der Waals surface area contributed by atoms with Crippen molar-refractivity contribution in [1.82, 2.24) is 10.3 Å². The fraction of sp³-hybridized carbons (Fsp3) is 0.500. The Morgan fingerprint density at radius 3 is 3.00 bits per heavy atom. The molecule has 0 aliphatic heterocycles. The number of hydrogen-bond donors (Lipinski definition) is 3. The number of amides is 1. The van der Waals surface area contributed by atoms with Crippen LogP contribution in [-0.4, -0.2) is 29.0 Å². The van der Waals surface area contributed by atoms with Crippen LogP contribution in [0.5, 0.6) is 0 Å². The van der Waals surface area contributed by atoms with Gasteiger partial charge in [-0.25, -0.2) is 4.98 Å². The van der Waals surface area contributed by atoms with Gasteiger partial charge in [0.05, 0.1) is 12.1 Å². The largest absolute Gasteiger partial charge is 0.389 e. The van der Waals surface area contributed by atoms with Crippen molar-refractivity contribution >= 4 is 28.9 Å². The number of fused-ring (bicyclic) bond motifs is 1. The van der Waals surface area contributed by atoms with Gasteiger partial charge in [0.25, 0.3) is 0 Å². The van der Waals surface area contributed by atoms with Gasteiger partial charge in [-0.15, -0.1) is 0 Å². The Morgan fingerprint density at radius 2 is 2.30 bits per heavy atom. The molecule has 108 valence electrons. The van der Waals surface area contributed by atoms with Crippen LogP contribution in [0.2, 0.25) is 0 Å². The van der Waals surface area contributed by atoms with Crippen LogP contribution in [0, 0.1) is 0 Å². The summed E-state index contributed by atoms with van der Waals surface area (Å²) < 4.78 is 0. The summed E-state index contributed by atoms with van der Waals surface area (Å²) >= 11 is 5.07. The van der Waals surface area contributed by atoms with E-state index in [1.165, 1.54) is 5.56 Å². The van der Waals surface area contributed by atoms with Gasteiger partial charge in [0.15, 0.2) is 0 Å². The zero-order valence-corrected chi connectivity index (χ0v) is 12.5. The Labute approximate surface area is 124 Å². The molecule has 2 rings (SSSR count). The number of anilines is 1. The minimum atomic E-state index is -0.0527. The summed E-state index contributed by atoms with van der Waals surface area (Å²) in [6, 6.07) is 2.00. The van der Waals surface area contributed by atoms with E-state index in [1.807, 2.05) is 13.0 Å². The Kier molecular flexibility index (Phi) is 4.89. The van der Waals surface area contributed by atoms with E-state index in [1.54, 1.807) is 0 Å². The van der Waals surface area contributed by atoms with Crippen LogP contribution in [0.25, 0.3) is 0 Å². The van der Waals surface area contributed by atoms with Crippen LogP contribution < -0.4 is 16.4 Å². The van der Waals surface area contributed by atoms with E-state index in [0.717, 1.165) is 36.9 Å². The SMILES string of the molecule is CCCNC(=O)CNc1nc2c(cc1C(N)=S)CCC2. The molecule has 0 saturated heterocycles. The average molecular weight is 292 g/mol. The van der Waals surface area contributed by atoms with E-state index in [4.69, 9.17) is 18.0 Å². The number of pyridine rings is 1. The first-order valence-electron chi connectivity index (χ1n) is 6.95. The van der Waals surface area contributed by atoms with Crippen LogP contribution >= 0.6 is 12.2 Å². The smallest absolute Gasteiger partial charge is 0.239 e. The number of carbonyl (C=O) groups excluding carboxylic acids is 1. The van der Waals surface area contributed by atoms with Crippen molar-refractivity contribution in [1.29, 1.82) is 0 Å². The second-order valence-corrected chi connectivity index (χ2v) is 5.35. The number of nitrogens with zero attached hydrogens (tertiary/aromatic N) is 1. The third-order valence-corrected chi connectivity index (χ3v) is 3.52. The first-order chi connectivity index (χ1) is 9.61. The molecule has 0 saturated carbocycles. The minimum Gasteiger partial charge on any atom is -0.389 e. The molecule has 6 heteroatoms. The molecular weight excluding hydrogens is 272 g/mol. The van der Waals surface area contributed by atoms with E-state index in [2.05, 4.69) is 15.6 Å². The second kappa shape index (κ2) is 6.65. The molecule has 0 unspecified atom stereocenters. The van der Waals surface area contributed by atoms with Crippen molar-refractivity contribution in [2.75, 3.05) is 18.4 Å². The predicted octanol–water partition coefficient (Wildman–Crippen LogP) is 1.14. The lowest BCUT2D eigenvalue weighted by Crippen LogP contribution is -2.31. The number of carbonyl (C=O) groups is 1. The first-order valence-corrected chi connectivity index (χ1v) is 7.35. The van der Waals surface area contributed by atoms with Crippen LogP contribution in [0.3, 0.4) is 0 Å². The van der Waals surface area contributed by atoms with Crippen molar-refractivity contribution in [3.05, 3.63) is 22.9 Å². The lowest BCUT2D eigenvalue weighted by atomic mass is 10.1. The second-order valence-electron chi connectivity index (χ2n) is 4.91. The first kappa shape index (κ1) is 14.7. The number of rotatable bonds is 6. The number of aryl methyl sites for hydroxylation is 2. The minimum absolute atomic E-state index is 0.0527. The molecule has 1 aliphatic rings. The molecule has 1 heterocycles. The van der Waals surface area contributed by atoms with E-state index >= 15 is 0 Å². The normalized spacial score (nSPS) is 12.8. The molecule has 0 atom stereocenters. The van der Waals surface area contributed by atoms with Crippen molar-refractivity contribution in [3.8, 4) is 0 Å². The highest BCUT2D eigenvalue weighted by molar-refractivity contribution is 7.80. The molecule has 20 heavy (non-hydrogen) atoms. The number of nitrogens with two attached hydrogens (primary N) is 1. The lowest BCUT2D eigenvalue weighted by Gasteiger charge is -2.12. The van der Waals surface area contributed by atoms with Gasteiger partial charge >= 0.3 is 0 Å². The third kappa shape index (κ3) is 3.45. The van der Waals surface area contributed by atoms with E-state index < -0.39 is 0 Å². The molecule has 0 aromatic carbocycles. The van der Waals surface area contributed by atoms with Gasteiger partial charge in [-0.3, -0.25) is 4.79 Å². The molecule has 5 nitrogen and oxygen atoms in total. The lowest BCUT2D eigenvalue weighted by molar-refractivity contribution is -0.119. The highest BCUT2D eigenvalue weighted by atomic mass is 32.1. The van der Waals surface area contributed by atoms with Crippen molar-refractivity contribution in [2.24, 2.45) is 5.73 Å². The van der Waals surface area contributed by atoms with E-state index in [9.17, 15) is 4.79 Å². The maximum absolute atomic E-state index is 11.6. The predicted molar refractivity (Wildman–Crippen MR) is 83.9 cm³/mol. The van der Waals surface area contributed by atoms with E-state index in [0.29, 0.717) is 17.4 Å². The van der Waals surface area contributed by atoms with Gasteiger partial charge in [0, 0.05) is 12.2 Å². The van der Waals surface area contributed by atoms with Crippen molar-refractivity contribution in [3.63, 3.8) is 0 Å². The zero-order valence-electron chi connectivity index (χ0n) is 11.7. The van der Waals surface area contributed by atoms with Crippen molar-refractivity contribution < 1.29 is 4.79 Å². The molecular formula is C14H20N4OS. The van der Waals surface area contributed by atoms with Gasteiger partial charge in [-0.2, -0.15) is 0 Å². The fourth-order valence-corrected chi connectivity index (χ4v) is 2.44. The third-order valence-electron chi connectivity index (χ3n) is 3.30. The quantitative estimate of drug-likeness (QED) is 0.685. The standard InChI is InChI=1S/C14H20N4OS/c1-2-6-16-12(19)8-17-14-10(13(15)20)7-9-4-3-5-11(9)18-14/h7H,2-6,8H2,1H3,(H2,15,20)(H,16,19)(H,17,18). The fourth-order valence-electron chi connectivity index (χ4n) is 2.29. The van der Waals surface area contributed by atoms with Crippen LogP contribution in [0.4, 0.5) is 5.82 Å². The van der Waals surface area contributed by atoms with E-state index in [-0.39, 0.29) is 12.5 Å². The highest BCUT2D eigenvalue weighted by Crippen LogP contribution is 2.25. The summed E-state index contributed by atoms with van der Waals surface area (Å²) in [4.78, 5) is 16.5. The molecule has 1 aliphatic carbocycles. The van der Waals surface area contributed by atoms with Crippen molar-refractivity contribution in [2.45, 2.75) is 32.6 Å². The molecule has 1 aromatic heterocycles. The van der Waals surface area contributed by atoms with Gasteiger partial charge in [0.1, 0.15) is 10.8 Å². The zero-order chi connectivity index (χ0) is 14.5. The summed E-state index contributed by atoms with van der Waals surface area (Å²) in [5.74, 6) is 0.563. The Bertz CT molecular complexity index is 530. The van der Waals surface area contributed by atoms with Crippen LogP contribution in [0.1, 0.15) is 36.6 Å². The van der Waals surface area contributed by atoms with Gasteiger partial charge in [-0.05, 0) is 37.3 Å². The topological polar surface area (TPSA) is 80.0 Å². The molecule has 0 fully saturated rings. The maximum Gasteiger partial charge on any atom is 0.239 e. The van der Waals surface area contributed by atoms with Gasteiger partial charge in [0.2, 0.25) is 5.91 Å². The number of thiocarbonyl (C=S) groups is 1. The molecule has 1 amide bonds. The Morgan fingerprint density at radius 1 is 1.50 bits per heavy atom.